The molecule has 6 aromatic rings. The van der Waals surface area contributed by atoms with Crippen LogP contribution in [0.15, 0.2) is 95.5 Å². The van der Waals surface area contributed by atoms with Crippen LogP contribution in [0.25, 0.3) is 42.4 Å². The lowest BCUT2D eigenvalue weighted by molar-refractivity contribution is 0.586. The number of thiophene rings is 1. The number of fused-ring (bicyclic) bond motifs is 14. The molecular weight excluding hydrogens is 580 g/mol. The van der Waals surface area contributed by atoms with Crippen molar-refractivity contribution in [1.82, 2.24) is 0 Å². The van der Waals surface area contributed by atoms with Crippen molar-refractivity contribution < 1.29 is 0 Å². The fourth-order valence-electron chi connectivity index (χ4n) is 7.42. The minimum Gasteiger partial charge on any atom is -0.133 e. The van der Waals surface area contributed by atoms with E-state index in [1.807, 2.05) is 11.3 Å². The first-order valence-electron chi connectivity index (χ1n) is 14.6. The van der Waals surface area contributed by atoms with E-state index in [1.165, 1.54) is 80.3 Å². The van der Waals surface area contributed by atoms with Gasteiger partial charge in [0.15, 0.2) is 0 Å². The summed E-state index contributed by atoms with van der Waals surface area (Å²) in [4.78, 5) is 0. The van der Waals surface area contributed by atoms with Gasteiger partial charge >= 0.3 is 0 Å². The second-order valence-electron chi connectivity index (χ2n) is 13.9. The first-order valence-corrected chi connectivity index (χ1v) is 16.2. The molecule has 0 saturated carbocycles. The molecule has 0 N–H and O–H groups in total. The molecule has 0 nitrogen and oxygen atoms in total. The van der Waals surface area contributed by atoms with Crippen molar-refractivity contribution in [1.29, 1.82) is 0 Å². The molecule has 0 atom stereocenters. The zero-order chi connectivity index (χ0) is 28.5. The van der Waals surface area contributed by atoms with Crippen molar-refractivity contribution in [2.45, 2.75) is 57.8 Å². The maximum atomic E-state index is 3.85. The van der Waals surface area contributed by atoms with Crippen LogP contribution in [0.1, 0.15) is 74.9 Å². The predicted octanol–water partition coefficient (Wildman–Crippen LogP) is 11.8. The third-order valence-corrected chi connectivity index (χ3v) is 11.7. The van der Waals surface area contributed by atoms with Gasteiger partial charge in [0.1, 0.15) is 0 Å². The van der Waals surface area contributed by atoms with Crippen molar-refractivity contribution in [3.8, 4) is 22.3 Å². The molecular formula is C39H33BrS. The number of hydrogen-bond donors (Lipinski definition) is 0. The molecule has 2 aliphatic carbocycles. The molecule has 0 fully saturated rings. The molecule has 1 spiro atoms. The van der Waals surface area contributed by atoms with Gasteiger partial charge in [-0.3, -0.25) is 0 Å². The lowest BCUT2D eigenvalue weighted by Gasteiger charge is -2.32. The van der Waals surface area contributed by atoms with Crippen LogP contribution in [-0.4, -0.2) is 0 Å². The normalized spacial score (nSPS) is 14.9. The molecule has 0 aliphatic heterocycles. The van der Waals surface area contributed by atoms with E-state index >= 15 is 0 Å². The third kappa shape index (κ3) is 3.27. The van der Waals surface area contributed by atoms with Gasteiger partial charge in [-0.2, -0.15) is 0 Å². The largest absolute Gasteiger partial charge is 0.133 e. The maximum Gasteiger partial charge on any atom is 0.0726 e. The minimum absolute atomic E-state index is 0.0597. The molecule has 1 aromatic heterocycles. The predicted molar refractivity (Wildman–Crippen MR) is 181 cm³/mol. The van der Waals surface area contributed by atoms with Gasteiger partial charge in [0.25, 0.3) is 0 Å². The van der Waals surface area contributed by atoms with Gasteiger partial charge in [0, 0.05) is 30.2 Å². The van der Waals surface area contributed by atoms with E-state index in [0.717, 1.165) is 0 Å². The summed E-state index contributed by atoms with van der Waals surface area (Å²) in [6.45, 7) is 14.0. The average Bonchev–Trinajstić information content (AvgIpc) is 3.56. The highest BCUT2D eigenvalue weighted by atomic mass is 79.9. The minimum atomic E-state index is -0.347. The molecule has 0 radical (unpaired) electrons. The standard InChI is InChI=1S/C39H33BrS/c1-37(2,3)22-14-16-24-25-17-15-23(38(4,5)6)21-32(25)39(31(24)20-22)29-12-8-7-10-28(29)34-30(39)19-18-27-26-11-9-13-33(40)35(26)41-36(27)34/h7-21H,1-6H3. The number of hydrogen-bond acceptors (Lipinski definition) is 1. The lowest BCUT2D eigenvalue weighted by atomic mass is 9.69. The summed E-state index contributed by atoms with van der Waals surface area (Å²) in [7, 11) is 0. The first kappa shape index (κ1) is 25.5. The monoisotopic (exact) mass is 612 g/mol. The van der Waals surface area contributed by atoms with Gasteiger partial charge < -0.3 is 0 Å². The molecule has 0 unspecified atom stereocenters. The van der Waals surface area contributed by atoms with Crippen LogP contribution in [-0.2, 0) is 16.2 Å². The van der Waals surface area contributed by atoms with Gasteiger partial charge in [0.2, 0.25) is 0 Å². The smallest absolute Gasteiger partial charge is 0.0726 e. The van der Waals surface area contributed by atoms with Crippen molar-refractivity contribution >= 4 is 47.4 Å². The summed E-state index contributed by atoms with van der Waals surface area (Å²) in [5, 5.41) is 2.68. The third-order valence-electron chi connectivity index (χ3n) is 9.49. The molecule has 8 rings (SSSR count). The Morgan fingerprint density at radius 3 is 1.78 bits per heavy atom. The summed E-state index contributed by atoms with van der Waals surface area (Å²) in [5.41, 5.74) is 13.8. The van der Waals surface area contributed by atoms with E-state index in [1.54, 1.807) is 0 Å². The summed E-state index contributed by atoms with van der Waals surface area (Å²) in [6, 6.07) is 35.2. The van der Waals surface area contributed by atoms with Crippen LogP contribution in [0, 0.1) is 0 Å². The molecule has 5 aromatic carbocycles. The fraction of sp³-hybridized carbons (Fsp3) is 0.231. The van der Waals surface area contributed by atoms with Crippen molar-refractivity contribution in [3.63, 3.8) is 0 Å². The van der Waals surface area contributed by atoms with E-state index in [2.05, 4.69) is 148 Å². The van der Waals surface area contributed by atoms with Crippen LogP contribution in [0.4, 0.5) is 0 Å². The second-order valence-corrected chi connectivity index (χ2v) is 15.8. The Bertz CT molecular complexity index is 2010. The Morgan fingerprint density at radius 2 is 1.15 bits per heavy atom. The molecule has 41 heavy (non-hydrogen) atoms. The Kier molecular flexibility index (Phi) is 5.11. The molecule has 0 bridgehead atoms. The fourth-order valence-corrected chi connectivity index (χ4v) is 9.29. The Morgan fingerprint density at radius 1 is 0.537 bits per heavy atom. The summed E-state index contributed by atoms with van der Waals surface area (Å²) in [6.07, 6.45) is 0. The zero-order valence-corrected chi connectivity index (χ0v) is 26.8. The molecule has 1 heterocycles. The maximum absolute atomic E-state index is 3.85. The number of benzene rings is 5. The van der Waals surface area contributed by atoms with Crippen LogP contribution in [0.5, 0.6) is 0 Å². The topological polar surface area (TPSA) is 0 Å². The average molecular weight is 614 g/mol. The van der Waals surface area contributed by atoms with E-state index in [4.69, 9.17) is 0 Å². The highest BCUT2D eigenvalue weighted by Crippen LogP contribution is 2.65. The first-order chi connectivity index (χ1) is 19.5. The van der Waals surface area contributed by atoms with Gasteiger partial charge in [-0.15, -0.1) is 11.3 Å². The number of rotatable bonds is 0. The van der Waals surface area contributed by atoms with E-state index in [0.29, 0.717) is 0 Å². The second kappa shape index (κ2) is 8.21. The lowest BCUT2D eigenvalue weighted by Crippen LogP contribution is -2.27. The van der Waals surface area contributed by atoms with E-state index in [9.17, 15) is 0 Å². The van der Waals surface area contributed by atoms with Crippen LogP contribution in [0.3, 0.4) is 0 Å². The Hall–Kier alpha value is -3.20. The summed E-state index contributed by atoms with van der Waals surface area (Å²) in [5.74, 6) is 0. The van der Waals surface area contributed by atoms with Gasteiger partial charge in [-0.05, 0) is 82.9 Å². The van der Waals surface area contributed by atoms with E-state index in [-0.39, 0.29) is 16.2 Å². The quantitative estimate of drug-likeness (QED) is 0.160. The Balaban J connectivity index is 1.58. The summed E-state index contributed by atoms with van der Waals surface area (Å²) < 4.78 is 3.89. The molecule has 2 aliphatic rings. The van der Waals surface area contributed by atoms with Crippen LogP contribution >= 0.6 is 27.3 Å². The van der Waals surface area contributed by atoms with Gasteiger partial charge in [-0.25, -0.2) is 0 Å². The zero-order valence-electron chi connectivity index (χ0n) is 24.4. The van der Waals surface area contributed by atoms with Crippen molar-refractivity contribution in [3.05, 3.63) is 129 Å². The highest BCUT2D eigenvalue weighted by Gasteiger charge is 2.52. The highest BCUT2D eigenvalue weighted by molar-refractivity contribution is 9.10. The summed E-state index contributed by atoms with van der Waals surface area (Å²) >= 11 is 5.78. The van der Waals surface area contributed by atoms with Crippen LogP contribution < -0.4 is 0 Å². The molecule has 202 valence electrons. The SMILES string of the molecule is CC(C)(C)c1ccc2c(c1)C1(c3cc(C(C)(C)C)ccc3-2)c2ccccc2-c2c1ccc1c2sc2c(Br)cccc21. The molecule has 0 amide bonds. The van der Waals surface area contributed by atoms with E-state index < -0.39 is 0 Å². The number of halogens is 1. The molecule has 0 saturated heterocycles. The van der Waals surface area contributed by atoms with Crippen molar-refractivity contribution in [2.75, 3.05) is 0 Å². The van der Waals surface area contributed by atoms with Gasteiger partial charge in [0.05, 0.1) is 5.41 Å². The van der Waals surface area contributed by atoms with Crippen molar-refractivity contribution in [2.24, 2.45) is 0 Å². The van der Waals surface area contributed by atoms with Gasteiger partial charge in [-0.1, -0.05) is 126 Å². The molecule has 2 heteroatoms. The Labute approximate surface area is 255 Å². The van der Waals surface area contributed by atoms with Crippen LogP contribution in [0.2, 0.25) is 0 Å².